The average Bonchev–Trinajstić information content (AvgIpc) is 3.35. The van der Waals surface area contributed by atoms with Crippen molar-refractivity contribution in [3.63, 3.8) is 0 Å². The summed E-state index contributed by atoms with van der Waals surface area (Å²) in [6.45, 7) is 0.924. The van der Waals surface area contributed by atoms with Crippen LogP contribution in [-0.4, -0.2) is 25.0 Å². The van der Waals surface area contributed by atoms with Gasteiger partial charge in [-0.3, -0.25) is 9.59 Å². The van der Waals surface area contributed by atoms with Crippen molar-refractivity contribution >= 4 is 34.2 Å². The Bertz CT molecular complexity index is 1590. The molecule has 7 heteroatoms. The highest BCUT2D eigenvalue weighted by Gasteiger charge is 2.25. The van der Waals surface area contributed by atoms with E-state index in [2.05, 4.69) is 10.6 Å². The zero-order valence-electron chi connectivity index (χ0n) is 21.1. The Balaban J connectivity index is 1.28. The molecule has 0 bridgehead atoms. The maximum absolute atomic E-state index is 13.5. The number of hydrogen-bond acceptors (Lipinski definition) is 5. The van der Waals surface area contributed by atoms with Crippen LogP contribution in [-0.2, 0) is 4.79 Å². The van der Waals surface area contributed by atoms with Gasteiger partial charge in [0.05, 0.1) is 0 Å². The molecule has 1 aliphatic heterocycles. The third-order valence-corrected chi connectivity index (χ3v) is 6.66. The Morgan fingerprint density at radius 1 is 0.718 bits per heavy atom. The number of carbonyl (C=O) groups excluding carboxylic acids is 2. The maximum Gasteiger partial charge on any atom is 0.293 e. The SMILES string of the molecule is O=C(CC(c1ccccc1)c1ccccc1)Nc1c(C(=O)Nc2ccc3c(c2)OCCO3)oc2ccccc12. The van der Waals surface area contributed by atoms with Crippen LogP contribution in [0, 0.1) is 0 Å². The van der Waals surface area contributed by atoms with Crippen LogP contribution >= 0.6 is 0 Å². The van der Waals surface area contributed by atoms with Crippen molar-refractivity contribution in [1.82, 2.24) is 0 Å². The summed E-state index contributed by atoms with van der Waals surface area (Å²) in [7, 11) is 0. The molecule has 0 saturated heterocycles. The standard InChI is InChI=1S/C32H26N2O5/c35-29(20-25(21-9-3-1-4-10-21)22-11-5-2-6-12-22)34-30-24-13-7-8-14-26(24)39-31(30)32(36)33-23-15-16-27-28(19-23)38-18-17-37-27/h1-16,19,25H,17-18,20H2,(H,33,36)(H,34,35). The van der Waals surface area contributed by atoms with Crippen molar-refractivity contribution in [2.24, 2.45) is 0 Å². The second kappa shape index (κ2) is 10.8. The molecule has 194 valence electrons. The minimum atomic E-state index is -0.485. The first kappa shape index (κ1) is 24.3. The lowest BCUT2D eigenvalue weighted by atomic mass is 9.88. The molecule has 39 heavy (non-hydrogen) atoms. The second-order valence-electron chi connectivity index (χ2n) is 9.24. The molecule has 0 fully saturated rings. The molecule has 2 N–H and O–H groups in total. The highest BCUT2D eigenvalue weighted by Crippen LogP contribution is 2.35. The van der Waals surface area contributed by atoms with Gasteiger partial charge in [0.1, 0.15) is 24.5 Å². The van der Waals surface area contributed by atoms with Crippen LogP contribution in [0.25, 0.3) is 11.0 Å². The number of furan rings is 1. The molecule has 7 nitrogen and oxygen atoms in total. The predicted molar refractivity (Wildman–Crippen MR) is 150 cm³/mol. The van der Waals surface area contributed by atoms with E-state index in [1.165, 1.54) is 0 Å². The molecular weight excluding hydrogens is 492 g/mol. The largest absolute Gasteiger partial charge is 0.486 e. The molecule has 0 radical (unpaired) electrons. The molecule has 1 aromatic heterocycles. The number of carbonyl (C=O) groups is 2. The Hall–Kier alpha value is -5.04. The minimum absolute atomic E-state index is 0.0235. The number of hydrogen-bond donors (Lipinski definition) is 2. The van der Waals surface area contributed by atoms with Crippen molar-refractivity contribution in [3.05, 3.63) is 120 Å². The zero-order chi connectivity index (χ0) is 26.6. The van der Waals surface area contributed by atoms with Gasteiger partial charge in [-0.1, -0.05) is 72.8 Å². The van der Waals surface area contributed by atoms with E-state index < -0.39 is 5.91 Å². The van der Waals surface area contributed by atoms with Gasteiger partial charge in [-0.05, 0) is 35.4 Å². The Morgan fingerprint density at radius 3 is 2.08 bits per heavy atom. The van der Waals surface area contributed by atoms with Crippen molar-refractivity contribution in [2.75, 3.05) is 23.8 Å². The smallest absolute Gasteiger partial charge is 0.293 e. The van der Waals surface area contributed by atoms with Gasteiger partial charge in [0, 0.05) is 29.5 Å². The number of para-hydroxylation sites is 1. The summed E-state index contributed by atoms with van der Waals surface area (Å²) in [6.07, 6.45) is 0.191. The fraction of sp³-hybridized carbons (Fsp3) is 0.125. The summed E-state index contributed by atoms with van der Waals surface area (Å²) in [5.41, 5.74) is 3.43. The van der Waals surface area contributed by atoms with Crippen molar-refractivity contribution in [1.29, 1.82) is 0 Å². The Labute approximate surface area is 225 Å². The number of anilines is 2. The predicted octanol–water partition coefficient (Wildman–Crippen LogP) is 6.62. The van der Waals surface area contributed by atoms with Gasteiger partial charge < -0.3 is 24.5 Å². The fourth-order valence-corrected chi connectivity index (χ4v) is 4.81. The second-order valence-corrected chi connectivity index (χ2v) is 9.24. The Morgan fingerprint density at radius 2 is 1.36 bits per heavy atom. The quantitative estimate of drug-likeness (QED) is 0.253. The molecular formula is C32H26N2O5. The zero-order valence-corrected chi connectivity index (χ0v) is 21.1. The number of nitrogens with one attached hydrogen (secondary N) is 2. The summed E-state index contributed by atoms with van der Waals surface area (Å²) in [5, 5.41) is 6.49. The average molecular weight is 519 g/mol. The van der Waals surface area contributed by atoms with Crippen LogP contribution in [0.2, 0.25) is 0 Å². The lowest BCUT2D eigenvalue weighted by Gasteiger charge is -2.19. The first-order valence-electron chi connectivity index (χ1n) is 12.8. The highest BCUT2D eigenvalue weighted by atomic mass is 16.6. The molecule has 0 unspecified atom stereocenters. The molecule has 1 aliphatic rings. The van der Waals surface area contributed by atoms with Crippen LogP contribution < -0.4 is 20.1 Å². The summed E-state index contributed by atoms with van der Waals surface area (Å²) in [6, 6.07) is 32.3. The van der Waals surface area contributed by atoms with Crippen LogP contribution in [0.4, 0.5) is 11.4 Å². The fourth-order valence-electron chi connectivity index (χ4n) is 4.81. The molecule has 6 rings (SSSR count). The van der Waals surface area contributed by atoms with Crippen LogP contribution in [0.5, 0.6) is 11.5 Å². The highest BCUT2D eigenvalue weighted by molar-refractivity contribution is 6.14. The summed E-state index contributed by atoms with van der Waals surface area (Å²) < 4.78 is 17.1. The molecule has 2 amide bonds. The lowest BCUT2D eigenvalue weighted by Crippen LogP contribution is -2.19. The summed E-state index contributed by atoms with van der Waals surface area (Å²) >= 11 is 0. The Kier molecular flexibility index (Phi) is 6.70. The first-order chi connectivity index (χ1) is 19.2. The van der Waals surface area contributed by atoms with E-state index in [1.807, 2.05) is 78.9 Å². The lowest BCUT2D eigenvalue weighted by molar-refractivity contribution is -0.116. The maximum atomic E-state index is 13.5. The molecule has 0 aliphatic carbocycles. The van der Waals surface area contributed by atoms with Gasteiger partial charge in [0.25, 0.3) is 5.91 Å². The van der Waals surface area contributed by atoms with E-state index in [0.29, 0.717) is 47.1 Å². The van der Waals surface area contributed by atoms with Crippen molar-refractivity contribution in [3.8, 4) is 11.5 Å². The molecule has 5 aromatic rings. The third-order valence-electron chi connectivity index (χ3n) is 6.66. The number of amides is 2. The molecule has 4 aromatic carbocycles. The normalized spacial score (nSPS) is 12.3. The third kappa shape index (κ3) is 5.20. The van der Waals surface area contributed by atoms with Gasteiger partial charge in [0.15, 0.2) is 11.5 Å². The molecule has 0 saturated carbocycles. The van der Waals surface area contributed by atoms with Gasteiger partial charge >= 0.3 is 0 Å². The van der Waals surface area contributed by atoms with Crippen molar-refractivity contribution in [2.45, 2.75) is 12.3 Å². The van der Waals surface area contributed by atoms with E-state index in [9.17, 15) is 9.59 Å². The topological polar surface area (TPSA) is 89.8 Å². The minimum Gasteiger partial charge on any atom is -0.486 e. The van der Waals surface area contributed by atoms with Crippen LogP contribution in [0.1, 0.15) is 34.0 Å². The first-order valence-corrected chi connectivity index (χ1v) is 12.8. The van der Waals surface area contributed by atoms with Gasteiger partial charge in [0.2, 0.25) is 11.7 Å². The number of benzene rings is 4. The number of ether oxygens (including phenoxy) is 2. The van der Waals surface area contributed by atoms with E-state index in [1.54, 1.807) is 24.3 Å². The van der Waals surface area contributed by atoms with Crippen LogP contribution in [0.3, 0.4) is 0 Å². The van der Waals surface area contributed by atoms with Crippen LogP contribution in [0.15, 0.2) is 108 Å². The number of rotatable bonds is 7. The van der Waals surface area contributed by atoms with Gasteiger partial charge in [-0.25, -0.2) is 0 Å². The van der Waals surface area contributed by atoms with Gasteiger partial charge in [-0.2, -0.15) is 0 Å². The van der Waals surface area contributed by atoms with E-state index >= 15 is 0 Å². The summed E-state index contributed by atoms with van der Waals surface area (Å²) in [4.78, 5) is 26.9. The monoisotopic (exact) mass is 518 g/mol. The molecule has 0 atom stereocenters. The number of fused-ring (bicyclic) bond motifs is 2. The van der Waals surface area contributed by atoms with E-state index in [0.717, 1.165) is 11.1 Å². The van der Waals surface area contributed by atoms with E-state index in [4.69, 9.17) is 13.9 Å². The summed E-state index contributed by atoms with van der Waals surface area (Å²) in [5.74, 6) is 0.344. The molecule has 0 spiro atoms. The van der Waals surface area contributed by atoms with E-state index in [-0.39, 0.29) is 24.0 Å². The van der Waals surface area contributed by atoms with Crippen molar-refractivity contribution < 1.29 is 23.5 Å². The molecule has 2 heterocycles. The van der Waals surface area contributed by atoms with Gasteiger partial charge in [-0.15, -0.1) is 0 Å².